The second-order valence-corrected chi connectivity index (χ2v) is 5.83. The summed E-state index contributed by atoms with van der Waals surface area (Å²) in [6.45, 7) is 0. The minimum Gasteiger partial charge on any atom is -0.497 e. The molecule has 0 spiro atoms. The molecule has 136 valence electrons. The van der Waals surface area contributed by atoms with Crippen LogP contribution < -0.4 is 15.8 Å². The van der Waals surface area contributed by atoms with E-state index < -0.39 is 5.82 Å². The predicted molar refractivity (Wildman–Crippen MR) is 102 cm³/mol. The lowest BCUT2D eigenvalue weighted by molar-refractivity contribution is 0.414. The number of rotatable bonds is 4. The van der Waals surface area contributed by atoms with Crippen LogP contribution in [0.15, 0.2) is 48.8 Å². The molecule has 0 unspecified atom stereocenters. The average Bonchev–Trinajstić information content (AvgIpc) is 3.08. The Morgan fingerprint density at radius 1 is 1.19 bits per heavy atom. The van der Waals surface area contributed by atoms with E-state index >= 15 is 0 Å². The van der Waals surface area contributed by atoms with E-state index in [1.807, 2.05) is 10.6 Å². The van der Waals surface area contributed by atoms with E-state index in [9.17, 15) is 4.39 Å². The quantitative estimate of drug-likeness (QED) is 0.540. The summed E-state index contributed by atoms with van der Waals surface area (Å²) < 4.78 is 21.9. The molecule has 0 aliphatic carbocycles. The summed E-state index contributed by atoms with van der Waals surface area (Å²) in [5.41, 5.74) is 8.41. The molecule has 4 rings (SSSR count). The number of hydrogen-bond donors (Lipinski definition) is 2. The van der Waals surface area contributed by atoms with Crippen molar-refractivity contribution < 1.29 is 9.13 Å². The van der Waals surface area contributed by atoms with Crippen LogP contribution in [0.2, 0.25) is 0 Å². The molecule has 8 heteroatoms. The largest absolute Gasteiger partial charge is 0.497 e. The van der Waals surface area contributed by atoms with Crippen molar-refractivity contribution in [2.24, 2.45) is 0 Å². The van der Waals surface area contributed by atoms with Crippen molar-refractivity contribution in [2.75, 3.05) is 25.2 Å². The van der Waals surface area contributed by atoms with Gasteiger partial charge in [0.15, 0.2) is 5.82 Å². The number of anilines is 2. The molecular formula is C19H17FN6O. The van der Waals surface area contributed by atoms with E-state index in [-0.39, 0.29) is 5.69 Å². The summed E-state index contributed by atoms with van der Waals surface area (Å²) in [4.78, 5) is 13.3. The highest BCUT2D eigenvalue weighted by Gasteiger charge is 2.21. The minimum atomic E-state index is -0.517. The SMILES string of the molecule is CNc1nccc(-c2c(-c3cccc(N)c3F)nc3cc(OC)ccn23)n1. The molecule has 4 aromatic rings. The number of methoxy groups -OCH3 is 1. The molecule has 3 heterocycles. The van der Waals surface area contributed by atoms with Crippen LogP contribution in [0.5, 0.6) is 5.75 Å². The summed E-state index contributed by atoms with van der Waals surface area (Å²) in [5.74, 6) is 0.587. The number of nitrogens with zero attached hydrogens (tertiary/aromatic N) is 4. The molecule has 1 aromatic carbocycles. The Hall–Kier alpha value is -3.68. The topological polar surface area (TPSA) is 90.4 Å². The minimum absolute atomic E-state index is 0.0617. The summed E-state index contributed by atoms with van der Waals surface area (Å²) in [6, 6.07) is 10.2. The molecule has 0 aliphatic rings. The highest BCUT2D eigenvalue weighted by molar-refractivity contribution is 5.82. The van der Waals surface area contributed by atoms with Crippen molar-refractivity contribution in [3.05, 3.63) is 54.6 Å². The molecule has 0 fully saturated rings. The Morgan fingerprint density at radius 2 is 2.04 bits per heavy atom. The van der Waals surface area contributed by atoms with Crippen molar-refractivity contribution >= 4 is 17.3 Å². The van der Waals surface area contributed by atoms with Gasteiger partial charge in [-0.2, -0.15) is 0 Å². The van der Waals surface area contributed by atoms with Crippen LogP contribution in [0.3, 0.4) is 0 Å². The van der Waals surface area contributed by atoms with Gasteiger partial charge in [-0.05, 0) is 24.3 Å². The smallest absolute Gasteiger partial charge is 0.222 e. The van der Waals surface area contributed by atoms with Gasteiger partial charge in [0.05, 0.1) is 24.2 Å². The molecule has 0 bridgehead atoms. The molecule has 7 nitrogen and oxygen atoms in total. The average molecular weight is 364 g/mol. The van der Waals surface area contributed by atoms with E-state index in [1.54, 1.807) is 50.7 Å². The van der Waals surface area contributed by atoms with Crippen molar-refractivity contribution in [2.45, 2.75) is 0 Å². The number of fused-ring (bicyclic) bond motifs is 1. The zero-order chi connectivity index (χ0) is 19.0. The van der Waals surface area contributed by atoms with Crippen LogP contribution in [0.4, 0.5) is 16.0 Å². The molecule has 3 N–H and O–H groups in total. The molecule has 0 saturated carbocycles. The molecule has 0 saturated heterocycles. The fourth-order valence-corrected chi connectivity index (χ4v) is 2.93. The first kappa shape index (κ1) is 16.8. The van der Waals surface area contributed by atoms with Gasteiger partial charge < -0.3 is 15.8 Å². The fraction of sp³-hybridized carbons (Fsp3) is 0.105. The van der Waals surface area contributed by atoms with E-state index in [1.165, 1.54) is 6.07 Å². The number of hydrogen-bond acceptors (Lipinski definition) is 6. The van der Waals surface area contributed by atoms with E-state index in [0.29, 0.717) is 40.0 Å². The summed E-state index contributed by atoms with van der Waals surface area (Å²) in [7, 11) is 3.31. The van der Waals surface area contributed by atoms with Gasteiger partial charge in [-0.3, -0.25) is 4.40 Å². The van der Waals surface area contributed by atoms with Crippen LogP contribution >= 0.6 is 0 Å². The van der Waals surface area contributed by atoms with Gasteiger partial charge in [-0.1, -0.05) is 6.07 Å². The van der Waals surface area contributed by atoms with Gasteiger partial charge in [0.1, 0.15) is 17.1 Å². The van der Waals surface area contributed by atoms with Gasteiger partial charge in [-0.15, -0.1) is 0 Å². The number of nitrogens with two attached hydrogens (primary N) is 1. The Morgan fingerprint density at radius 3 is 2.81 bits per heavy atom. The Balaban J connectivity index is 2.06. The lowest BCUT2D eigenvalue weighted by Gasteiger charge is -2.08. The highest BCUT2D eigenvalue weighted by Crippen LogP contribution is 2.35. The number of imidazole rings is 1. The number of nitrogens with one attached hydrogen (secondary N) is 1. The van der Waals surface area contributed by atoms with Gasteiger partial charge in [-0.25, -0.2) is 19.3 Å². The summed E-state index contributed by atoms with van der Waals surface area (Å²) >= 11 is 0. The maximum Gasteiger partial charge on any atom is 0.222 e. The monoisotopic (exact) mass is 364 g/mol. The number of pyridine rings is 1. The fourth-order valence-electron chi connectivity index (χ4n) is 2.93. The van der Waals surface area contributed by atoms with Crippen molar-refractivity contribution in [3.8, 4) is 28.4 Å². The van der Waals surface area contributed by atoms with Crippen LogP contribution in [0.25, 0.3) is 28.3 Å². The summed E-state index contributed by atoms with van der Waals surface area (Å²) in [5, 5.41) is 2.91. The number of ether oxygens (including phenoxy) is 1. The standard InChI is InChI=1S/C19H17FN6O/c1-22-19-23-8-6-14(24-19)18-17(12-4-3-5-13(21)16(12)20)25-15-10-11(27-2)7-9-26(15)18/h3-10H,21H2,1-2H3,(H,22,23,24). The molecular weight excluding hydrogens is 347 g/mol. The van der Waals surface area contributed by atoms with Crippen molar-refractivity contribution in [1.82, 2.24) is 19.4 Å². The lowest BCUT2D eigenvalue weighted by atomic mass is 10.1. The normalized spacial score (nSPS) is 10.9. The first-order valence-corrected chi connectivity index (χ1v) is 8.24. The number of halogens is 1. The van der Waals surface area contributed by atoms with Gasteiger partial charge in [0, 0.05) is 31.1 Å². The molecule has 3 aromatic heterocycles. The molecule has 27 heavy (non-hydrogen) atoms. The maximum atomic E-state index is 14.8. The van der Waals surface area contributed by atoms with Gasteiger partial charge >= 0.3 is 0 Å². The first-order chi connectivity index (χ1) is 13.1. The summed E-state index contributed by atoms with van der Waals surface area (Å²) in [6.07, 6.45) is 3.45. The third kappa shape index (κ3) is 2.80. The Kier molecular flexibility index (Phi) is 4.08. The van der Waals surface area contributed by atoms with Gasteiger partial charge in [0.2, 0.25) is 5.95 Å². The highest BCUT2D eigenvalue weighted by atomic mass is 19.1. The number of aromatic nitrogens is 4. The third-order valence-corrected chi connectivity index (χ3v) is 4.24. The van der Waals surface area contributed by atoms with Crippen LogP contribution in [-0.2, 0) is 0 Å². The number of nitrogen functional groups attached to an aromatic ring is 1. The van der Waals surface area contributed by atoms with Crippen LogP contribution in [0.1, 0.15) is 0 Å². The first-order valence-electron chi connectivity index (χ1n) is 8.24. The van der Waals surface area contributed by atoms with Crippen molar-refractivity contribution in [1.29, 1.82) is 0 Å². The maximum absolute atomic E-state index is 14.8. The second-order valence-electron chi connectivity index (χ2n) is 5.83. The third-order valence-electron chi connectivity index (χ3n) is 4.24. The molecule has 0 amide bonds. The second kappa shape index (κ2) is 6.56. The molecule has 0 radical (unpaired) electrons. The van der Waals surface area contributed by atoms with Crippen molar-refractivity contribution in [3.63, 3.8) is 0 Å². The molecule has 0 atom stereocenters. The molecule has 0 aliphatic heterocycles. The van der Waals surface area contributed by atoms with Crippen LogP contribution in [-0.4, -0.2) is 33.5 Å². The van der Waals surface area contributed by atoms with Gasteiger partial charge in [0.25, 0.3) is 0 Å². The zero-order valence-corrected chi connectivity index (χ0v) is 14.8. The van der Waals surface area contributed by atoms with Crippen LogP contribution in [0, 0.1) is 5.82 Å². The Bertz CT molecular complexity index is 1140. The predicted octanol–water partition coefficient (Wildman–Crippen LogP) is 3.23. The zero-order valence-electron chi connectivity index (χ0n) is 14.8. The van der Waals surface area contributed by atoms with E-state index in [2.05, 4.69) is 20.3 Å². The lowest BCUT2D eigenvalue weighted by Crippen LogP contribution is -2.00. The number of benzene rings is 1. The van der Waals surface area contributed by atoms with E-state index in [0.717, 1.165) is 0 Å². The Labute approximate surface area is 154 Å². The van der Waals surface area contributed by atoms with E-state index in [4.69, 9.17) is 10.5 Å².